The minimum Gasteiger partial charge on any atom is -0.338 e. The molecule has 3 heterocycles. The highest BCUT2D eigenvalue weighted by molar-refractivity contribution is 5.54. The number of nitrogens with one attached hydrogen (secondary N) is 1. The molecule has 1 aromatic carbocycles. The van der Waals surface area contributed by atoms with Crippen molar-refractivity contribution >= 4 is 0 Å². The van der Waals surface area contributed by atoms with E-state index in [0.29, 0.717) is 11.4 Å². The van der Waals surface area contributed by atoms with E-state index in [1.807, 2.05) is 0 Å². The third-order valence-electron chi connectivity index (χ3n) is 5.38. The van der Waals surface area contributed by atoms with Gasteiger partial charge < -0.3 is 9.84 Å². The van der Waals surface area contributed by atoms with E-state index in [4.69, 9.17) is 4.52 Å². The molecule has 1 aromatic heterocycles. The molecule has 2 aliphatic heterocycles. The number of rotatable bonds is 4. The molecule has 0 saturated carbocycles. The summed E-state index contributed by atoms with van der Waals surface area (Å²) in [4.78, 5) is 7.15. The minimum absolute atomic E-state index is 0.317. The van der Waals surface area contributed by atoms with Gasteiger partial charge in [0.25, 0.3) is 0 Å². The molecule has 0 bridgehead atoms. The number of hydrogen-bond acceptors (Lipinski definition) is 5. The van der Waals surface area contributed by atoms with Crippen molar-refractivity contribution in [2.24, 2.45) is 0 Å². The highest BCUT2D eigenvalue weighted by Crippen LogP contribution is 2.35. The van der Waals surface area contributed by atoms with Crippen molar-refractivity contribution in [3.8, 4) is 11.4 Å². The van der Waals surface area contributed by atoms with Crippen LogP contribution in [0.25, 0.3) is 11.4 Å². The van der Waals surface area contributed by atoms with Gasteiger partial charge in [-0.3, -0.25) is 4.90 Å². The Bertz CT molecular complexity index is 652. The van der Waals surface area contributed by atoms with Crippen LogP contribution < -0.4 is 5.32 Å². The summed E-state index contributed by atoms with van der Waals surface area (Å²) >= 11 is 0. The van der Waals surface area contributed by atoms with Crippen LogP contribution in [-0.4, -0.2) is 40.2 Å². The molecule has 2 fully saturated rings. The molecule has 2 saturated heterocycles. The van der Waals surface area contributed by atoms with Gasteiger partial charge in [-0.05, 0) is 44.3 Å². The Hall–Kier alpha value is -1.72. The Labute approximate surface area is 137 Å². The first kappa shape index (κ1) is 14.8. The molecule has 2 aliphatic rings. The molecule has 1 unspecified atom stereocenters. The van der Waals surface area contributed by atoms with E-state index >= 15 is 0 Å². The summed E-state index contributed by atoms with van der Waals surface area (Å²) in [5, 5.41) is 7.67. The van der Waals surface area contributed by atoms with Gasteiger partial charge in [-0.1, -0.05) is 36.3 Å². The summed E-state index contributed by atoms with van der Waals surface area (Å²) in [6.07, 6.45) is 4.82. The Morgan fingerprint density at radius 1 is 1.26 bits per heavy atom. The predicted octanol–water partition coefficient (Wildman–Crippen LogP) is 2.63. The molecular weight excluding hydrogens is 288 g/mol. The van der Waals surface area contributed by atoms with Crippen LogP contribution in [0.3, 0.4) is 0 Å². The summed E-state index contributed by atoms with van der Waals surface area (Å²) in [5.41, 5.74) is 2.67. The smallest absolute Gasteiger partial charge is 0.241 e. The summed E-state index contributed by atoms with van der Waals surface area (Å²) in [5.74, 6) is 1.42. The first-order chi connectivity index (χ1) is 11.3. The van der Waals surface area contributed by atoms with Crippen LogP contribution in [0.5, 0.6) is 0 Å². The van der Waals surface area contributed by atoms with Gasteiger partial charge in [0.2, 0.25) is 11.7 Å². The fourth-order valence-corrected chi connectivity index (χ4v) is 3.94. The Kier molecular flexibility index (Phi) is 3.91. The Morgan fingerprint density at radius 3 is 2.87 bits per heavy atom. The van der Waals surface area contributed by atoms with Crippen molar-refractivity contribution in [3.63, 3.8) is 0 Å². The second-order valence-corrected chi connectivity index (χ2v) is 6.74. The molecule has 1 spiro atoms. The van der Waals surface area contributed by atoms with Gasteiger partial charge in [0, 0.05) is 17.6 Å². The van der Waals surface area contributed by atoms with Crippen LogP contribution >= 0.6 is 0 Å². The van der Waals surface area contributed by atoms with E-state index < -0.39 is 0 Å². The number of nitrogens with zero attached hydrogens (tertiary/aromatic N) is 3. The van der Waals surface area contributed by atoms with Gasteiger partial charge in [-0.15, -0.1) is 0 Å². The quantitative estimate of drug-likeness (QED) is 0.940. The summed E-state index contributed by atoms with van der Waals surface area (Å²) in [6.45, 7) is 6.26. The lowest BCUT2D eigenvalue weighted by atomic mass is 9.95. The number of aryl methyl sites for hydroxylation is 1. The maximum atomic E-state index is 5.52. The van der Waals surface area contributed by atoms with Crippen LogP contribution in [0, 0.1) is 0 Å². The Balaban J connectivity index is 1.49. The molecule has 1 N–H and O–H groups in total. The lowest BCUT2D eigenvalue weighted by Crippen LogP contribution is -2.45. The van der Waals surface area contributed by atoms with Crippen LogP contribution in [0.2, 0.25) is 0 Å². The molecule has 5 nitrogen and oxygen atoms in total. The predicted molar refractivity (Wildman–Crippen MR) is 89.0 cm³/mol. The zero-order chi connectivity index (χ0) is 15.7. The zero-order valence-corrected chi connectivity index (χ0v) is 13.7. The standard InChI is InChI=1S/C18H24N4O/c1-2-14-4-6-15(7-5-14)17-20-16(23-21-17)12-22-11-3-8-18(22)9-10-19-13-18/h4-7,19H,2-3,8-13H2,1H3. The van der Waals surface area contributed by atoms with Gasteiger partial charge in [0.1, 0.15) is 0 Å². The third-order valence-corrected chi connectivity index (χ3v) is 5.38. The summed E-state index contributed by atoms with van der Waals surface area (Å²) in [6, 6.07) is 8.41. The van der Waals surface area contributed by atoms with Gasteiger partial charge in [0.05, 0.1) is 6.54 Å². The topological polar surface area (TPSA) is 54.2 Å². The lowest BCUT2D eigenvalue weighted by molar-refractivity contribution is 0.130. The van der Waals surface area contributed by atoms with Gasteiger partial charge in [-0.25, -0.2) is 0 Å². The number of aromatic nitrogens is 2. The highest BCUT2D eigenvalue weighted by atomic mass is 16.5. The Morgan fingerprint density at radius 2 is 2.13 bits per heavy atom. The molecule has 2 aromatic rings. The fraction of sp³-hybridized carbons (Fsp3) is 0.556. The molecule has 0 aliphatic carbocycles. The molecule has 0 amide bonds. The first-order valence-corrected chi connectivity index (χ1v) is 8.67. The van der Waals surface area contributed by atoms with Crippen molar-refractivity contribution in [3.05, 3.63) is 35.7 Å². The molecular formula is C18H24N4O. The number of hydrogen-bond donors (Lipinski definition) is 1. The van der Waals surface area contributed by atoms with E-state index in [1.165, 1.54) is 24.8 Å². The average Bonchev–Trinajstić information content (AvgIpc) is 3.32. The maximum Gasteiger partial charge on any atom is 0.241 e. The highest BCUT2D eigenvalue weighted by Gasteiger charge is 2.43. The van der Waals surface area contributed by atoms with Crippen LogP contribution in [-0.2, 0) is 13.0 Å². The van der Waals surface area contributed by atoms with Crippen molar-refractivity contribution < 1.29 is 4.52 Å². The van der Waals surface area contributed by atoms with E-state index in [2.05, 4.69) is 51.5 Å². The molecule has 0 radical (unpaired) electrons. The van der Waals surface area contributed by atoms with Gasteiger partial charge >= 0.3 is 0 Å². The maximum absolute atomic E-state index is 5.52. The lowest BCUT2D eigenvalue weighted by Gasteiger charge is -2.33. The third kappa shape index (κ3) is 2.79. The van der Waals surface area contributed by atoms with Crippen molar-refractivity contribution in [1.82, 2.24) is 20.4 Å². The number of benzene rings is 1. The fourth-order valence-electron chi connectivity index (χ4n) is 3.94. The van der Waals surface area contributed by atoms with Crippen molar-refractivity contribution in [1.29, 1.82) is 0 Å². The zero-order valence-electron chi connectivity index (χ0n) is 13.7. The summed E-state index contributed by atoms with van der Waals surface area (Å²) in [7, 11) is 0. The van der Waals surface area contributed by atoms with Gasteiger partial charge in [0.15, 0.2) is 0 Å². The molecule has 4 rings (SSSR count). The van der Waals surface area contributed by atoms with E-state index in [1.54, 1.807) is 0 Å². The minimum atomic E-state index is 0.317. The normalized spacial score (nSPS) is 24.7. The average molecular weight is 312 g/mol. The van der Waals surface area contributed by atoms with Crippen LogP contribution in [0.1, 0.15) is 37.6 Å². The van der Waals surface area contributed by atoms with Crippen LogP contribution in [0.4, 0.5) is 0 Å². The molecule has 1 atom stereocenters. The van der Waals surface area contributed by atoms with Crippen molar-refractivity contribution in [2.75, 3.05) is 19.6 Å². The number of likely N-dealkylation sites (tertiary alicyclic amines) is 1. The van der Waals surface area contributed by atoms with E-state index in [-0.39, 0.29) is 0 Å². The van der Waals surface area contributed by atoms with Gasteiger partial charge in [-0.2, -0.15) is 4.98 Å². The largest absolute Gasteiger partial charge is 0.338 e. The monoisotopic (exact) mass is 312 g/mol. The molecule has 5 heteroatoms. The second-order valence-electron chi connectivity index (χ2n) is 6.74. The van der Waals surface area contributed by atoms with E-state index in [9.17, 15) is 0 Å². The molecule has 23 heavy (non-hydrogen) atoms. The van der Waals surface area contributed by atoms with E-state index in [0.717, 1.165) is 44.1 Å². The van der Waals surface area contributed by atoms with Crippen molar-refractivity contribution in [2.45, 2.75) is 44.7 Å². The molecule has 122 valence electrons. The summed E-state index contributed by atoms with van der Waals surface area (Å²) < 4.78 is 5.52. The SMILES string of the molecule is CCc1ccc(-c2noc(CN3CCCC34CCNC4)n2)cc1. The first-order valence-electron chi connectivity index (χ1n) is 8.67. The second kappa shape index (κ2) is 6.06. The van der Waals surface area contributed by atoms with Crippen LogP contribution in [0.15, 0.2) is 28.8 Å².